The molecule has 1 aromatic carbocycles. The van der Waals surface area contributed by atoms with Gasteiger partial charge < -0.3 is 15.0 Å². The van der Waals surface area contributed by atoms with Gasteiger partial charge in [-0.25, -0.2) is 0 Å². The molecule has 0 bridgehead atoms. The van der Waals surface area contributed by atoms with Crippen LogP contribution in [0.4, 0.5) is 5.69 Å². The molecule has 0 aliphatic heterocycles. The summed E-state index contributed by atoms with van der Waals surface area (Å²) < 4.78 is 4.74. The van der Waals surface area contributed by atoms with Gasteiger partial charge in [0, 0.05) is 19.7 Å². The molecule has 74 valence electrons. The van der Waals surface area contributed by atoms with Crippen LogP contribution in [0.2, 0.25) is 0 Å². The summed E-state index contributed by atoms with van der Waals surface area (Å²) in [4.78, 5) is 10.8. The number of nitrogens with one attached hydrogen (secondary N) is 1. The van der Waals surface area contributed by atoms with Gasteiger partial charge in [0.1, 0.15) is 0 Å². The van der Waals surface area contributed by atoms with Gasteiger partial charge in [-0.15, -0.1) is 0 Å². The van der Waals surface area contributed by atoms with Crippen molar-refractivity contribution in [3.05, 3.63) is 24.3 Å². The largest absolute Gasteiger partial charge is 0.491 e. The van der Waals surface area contributed by atoms with Crippen molar-refractivity contribution in [2.24, 2.45) is 0 Å². The first-order chi connectivity index (χ1) is 6.63. The Morgan fingerprint density at radius 3 is 2.86 bits per heavy atom. The van der Waals surface area contributed by atoms with Crippen LogP contribution in [0, 0.1) is 0 Å². The summed E-state index contributed by atoms with van der Waals surface area (Å²) in [5.41, 5.74) is 1.25. The first-order valence-corrected chi connectivity index (χ1v) is 4.22. The van der Waals surface area contributed by atoms with E-state index >= 15 is 0 Å². The topological polar surface area (TPSA) is 58.6 Å². The Morgan fingerprint density at radius 2 is 2.29 bits per heavy atom. The molecule has 2 N–H and O–H groups in total. The molecule has 0 saturated carbocycles. The number of carbonyl (C=O) groups is 1. The fourth-order valence-electron chi connectivity index (χ4n) is 1.11. The lowest BCUT2D eigenvalue weighted by Gasteiger charge is -2.06. The summed E-state index contributed by atoms with van der Waals surface area (Å²) in [5.74, 6) is -0.144. The van der Waals surface area contributed by atoms with Gasteiger partial charge in [-0.1, -0.05) is 12.1 Å². The maximum absolute atomic E-state index is 10.8. The fourth-order valence-corrected chi connectivity index (χ4v) is 1.11. The van der Waals surface area contributed by atoms with E-state index < -0.39 is 7.12 Å². The van der Waals surface area contributed by atoms with E-state index in [1.807, 2.05) is 0 Å². The van der Waals surface area contributed by atoms with Crippen LogP contribution in [0.3, 0.4) is 0 Å². The Hall–Kier alpha value is -1.33. The summed E-state index contributed by atoms with van der Waals surface area (Å²) in [6, 6.07) is 6.87. The minimum atomic E-state index is -0.955. The van der Waals surface area contributed by atoms with Crippen LogP contribution in [0.5, 0.6) is 0 Å². The molecule has 4 nitrogen and oxygen atoms in total. The van der Waals surface area contributed by atoms with Gasteiger partial charge in [0.15, 0.2) is 0 Å². The van der Waals surface area contributed by atoms with Crippen molar-refractivity contribution in [3.8, 4) is 0 Å². The zero-order chi connectivity index (χ0) is 10.6. The van der Waals surface area contributed by atoms with Crippen molar-refractivity contribution < 1.29 is 14.5 Å². The average molecular weight is 193 g/mol. The standard InChI is InChI=1S/C9H12BNO3/c1-7(12)11-9-5-3-4-8(6-9)10(13)14-2/h3-6,13H,1-2H3,(H,11,12). The van der Waals surface area contributed by atoms with Gasteiger partial charge in [-0.3, -0.25) is 4.79 Å². The van der Waals surface area contributed by atoms with Crippen molar-refractivity contribution in [3.63, 3.8) is 0 Å². The third-order valence-electron chi connectivity index (χ3n) is 1.72. The van der Waals surface area contributed by atoms with Gasteiger partial charge >= 0.3 is 7.12 Å². The highest BCUT2D eigenvalue weighted by molar-refractivity contribution is 6.60. The predicted molar refractivity (Wildman–Crippen MR) is 55.4 cm³/mol. The quantitative estimate of drug-likeness (QED) is 0.663. The lowest BCUT2D eigenvalue weighted by Crippen LogP contribution is -2.32. The first kappa shape index (κ1) is 10.8. The summed E-state index contributed by atoms with van der Waals surface area (Å²) in [7, 11) is 0.458. The second kappa shape index (κ2) is 4.78. The molecule has 1 amide bonds. The van der Waals surface area contributed by atoms with Crippen LogP contribution in [-0.4, -0.2) is 25.2 Å². The van der Waals surface area contributed by atoms with E-state index in [1.165, 1.54) is 14.0 Å². The zero-order valence-electron chi connectivity index (χ0n) is 8.15. The van der Waals surface area contributed by atoms with E-state index in [9.17, 15) is 9.82 Å². The monoisotopic (exact) mass is 193 g/mol. The SMILES string of the molecule is COB(O)c1cccc(NC(C)=O)c1. The number of rotatable bonds is 3. The fraction of sp³-hybridized carbons (Fsp3) is 0.222. The number of anilines is 1. The van der Waals surface area contributed by atoms with E-state index in [0.29, 0.717) is 11.2 Å². The number of hydrogen-bond acceptors (Lipinski definition) is 3. The Kier molecular flexibility index (Phi) is 3.68. The summed E-state index contributed by atoms with van der Waals surface area (Å²) in [6.07, 6.45) is 0. The second-order valence-electron chi connectivity index (χ2n) is 2.89. The highest BCUT2D eigenvalue weighted by Crippen LogP contribution is 2.03. The van der Waals surface area contributed by atoms with Crippen LogP contribution < -0.4 is 10.8 Å². The predicted octanol–water partition coefficient (Wildman–Crippen LogP) is -0.0211. The molecule has 0 heterocycles. The Morgan fingerprint density at radius 1 is 1.57 bits per heavy atom. The van der Waals surface area contributed by atoms with Gasteiger partial charge in [-0.05, 0) is 17.6 Å². The Bertz CT molecular complexity index is 330. The minimum absolute atomic E-state index is 0.144. The molecule has 0 radical (unpaired) electrons. The van der Waals surface area contributed by atoms with E-state index in [0.717, 1.165) is 0 Å². The molecule has 0 spiro atoms. The average Bonchev–Trinajstić information content (AvgIpc) is 2.16. The van der Waals surface area contributed by atoms with E-state index in [-0.39, 0.29) is 5.91 Å². The van der Waals surface area contributed by atoms with Crippen molar-refractivity contribution >= 4 is 24.2 Å². The molecule has 0 atom stereocenters. The molecule has 14 heavy (non-hydrogen) atoms. The minimum Gasteiger partial charge on any atom is -0.423 e. The molecule has 0 aliphatic rings. The molecule has 5 heteroatoms. The van der Waals surface area contributed by atoms with Crippen molar-refractivity contribution in [1.29, 1.82) is 0 Å². The van der Waals surface area contributed by atoms with Crippen LogP contribution in [-0.2, 0) is 9.45 Å². The summed E-state index contributed by atoms with van der Waals surface area (Å²) >= 11 is 0. The molecule has 0 unspecified atom stereocenters. The smallest absolute Gasteiger partial charge is 0.423 e. The zero-order valence-corrected chi connectivity index (χ0v) is 8.15. The summed E-state index contributed by atoms with van der Waals surface area (Å²) in [5, 5.41) is 12.0. The van der Waals surface area contributed by atoms with Gasteiger partial charge in [0.2, 0.25) is 5.91 Å². The lowest BCUT2D eigenvalue weighted by atomic mass is 9.79. The van der Waals surface area contributed by atoms with Gasteiger partial charge in [-0.2, -0.15) is 0 Å². The number of hydrogen-bond donors (Lipinski definition) is 2. The van der Waals surface area contributed by atoms with Crippen molar-refractivity contribution in [1.82, 2.24) is 0 Å². The van der Waals surface area contributed by atoms with Gasteiger partial charge in [0.25, 0.3) is 0 Å². The maximum atomic E-state index is 10.8. The number of benzene rings is 1. The maximum Gasteiger partial charge on any atom is 0.491 e. The summed E-state index contributed by atoms with van der Waals surface area (Å²) in [6.45, 7) is 1.43. The molecule has 1 rings (SSSR count). The molecular weight excluding hydrogens is 181 g/mol. The molecule has 0 aliphatic carbocycles. The second-order valence-corrected chi connectivity index (χ2v) is 2.89. The molecule has 0 aromatic heterocycles. The van der Waals surface area contributed by atoms with Crippen LogP contribution in [0.25, 0.3) is 0 Å². The van der Waals surface area contributed by atoms with Crippen molar-refractivity contribution in [2.75, 3.05) is 12.4 Å². The Balaban J connectivity index is 2.83. The van der Waals surface area contributed by atoms with E-state index in [2.05, 4.69) is 5.32 Å². The number of amides is 1. The first-order valence-electron chi connectivity index (χ1n) is 4.22. The van der Waals surface area contributed by atoms with Crippen LogP contribution in [0.15, 0.2) is 24.3 Å². The molecule has 0 fully saturated rings. The van der Waals surface area contributed by atoms with Crippen LogP contribution >= 0.6 is 0 Å². The van der Waals surface area contributed by atoms with Crippen LogP contribution in [0.1, 0.15) is 6.92 Å². The molecule has 0 saturated heterocycles. The normalized spacial score (nSPS) is 9.64. The van der Waals surface area contributed by atoms with E-state index in [1.54, 1.807) is 24.3 Å². The molecule has 1 aromatic rings. The van der Waals surface area contributed by atoms with Gasteiger partial charge in [0.05, 0.1) is 0 Å². The third-order valence-corrected chi connectivity index (χ3v) is 1.72. The molecular formula is C9H12BNO3. The van der Waals surface area contributed by atoms with Crippen molar-refractivity contribution in [2.45, 2.75) is 6.92 Å². The Labute approximate surface area is 83.0 Å². The van der Waals surface area contributed by atoms with E-state index in [4.69, 9.17) is 4.65 Å². The highest BCUT2D eigenvalue weighted by Gasteiger charge is 2.14. The highest BCUT2D eigenvalue weighted by atomic mass is 16.5. The number of carbonyl (C=O) groups excluding carboxylic acids is 1. The third kappa shape index (κ3) is 2.87. The lowest BCUT2D eigenvalue weighted by molar-refractivity contribution is -0.114.